The maximum Gasteiger partial charge on any atom is 0.153 e. The first kappa shape index (κ1) is 9.20. The molecule has 55 valence electrons. The minimum Gasteiger partial charge on any atom is -0.507 e. The van der Waals surface area contributed by atoms with Crippen molar-refractivity contribution in [1.29, 1.82) is 0 Å². The molecule has 0 aromatic heterocycles. The van der Waals surface area contributed by atoms with Gasteiger partial charge in [-0.1, -0.05) is 12.1 Å². The van der Waals surface area contributed by atoms with Crippen LogP contribution in [0.4, 0.5) is 0 Å². The SMILES string of the molecule is O=Cc1ccccc1O.[Co]. The molecule has 0 spiro atoms. The molecule has 0 saturated heterocycles. The number of phenols is 1. The molecule has 0 heterocycles. The molecule has 0 saturated carbocycles. The van der Waals surface area contributed by atoms with Gasteiger partial charge < -0.3 is 5.11 Å². The molecule has 1 N–H and O–H groups in total. The predicted molar refractivity (Wildman–Crippen MR) is 33.5 cm³/mol. The van der Waals surface area contributed by atoms with Crippen LogP contribution in [0, 0.1) is 0 Å². The van der Waals surface area contributed by atoms with Crippen LogP contribution in [0.5, 0.6) is 5.75 Å². The third-order valence-corrected chi connectivity index (χ3v) is 1.06. The summed E-state index contributed by atoms with van der Waals surface area (Å²) >= 11 is 0. The first-order valence-corrected chi connectivity index (χ1v) is 2.58. The Morgan fingerprint density at radius 2 is 1.90 bits per heavy atom. The van der Waals surface area contributed by atoms with E-state index in [-0.39, 0.29) is 22.5 Å². The standard InChI is InChI=1S/C7H6O2.Co/c8-5-6-3-1-2-4-7(6)9;/h1-5,9H;. The largest absolute Gasteiger partial charge is 0.507 e. The normalized spacial score (nSPS) is 8.00. The Kier molecular flexibility index (Phi) is 3.75. The Balaban J connectivity index is 0.000000810. The number of aldehydes is 1. The third-order valence-electron chi connectivity index (χ3n) is 1.06. The molecule has 10 heavy (non-hydrogen) atoms. The van der Waals surface area contributed by atoms with Crippen molar-refractivity contribution in [2.45, 2.75) is 0 Å². The molecule has 0 atom stereocenters. The van der Waals surface area contributed by atoms with Crippen molar-refractivity contribution in [2.75, 3.05) is 0 Å². The van der Waals surface area contributed by atoms with Crippen LogP contribution in [0.3, 0.4) is 0 Å². The average molecular weight is 181 g/mol. The summed E-state index contributed by atoms with van der Waals surface area (Å²) in [6.45, 7) is 0. The van der Waals surface area contributed by atoms with Gasteiger partial charge in [-0.3, -0.25) is 4.79 Å². The summed E-state index contributed by atoms with van der Waals surface area (Å²) in [5, 5.41) is 8.88. The Morgan fingerprint density at radius 3 is 2.30 bits per heavy atom. The Bertz CT molecular complexity index is 223. The number of benzene rings is 1. The molecule has 2 nitrogen and oxygen atoms in total. The maximum absolute atomic E-state index is 10.1. The summed E-state index contributed by atoms with van der Waals surface area (Å²) in [7, 11) is 0. The van der Waals surface area contributed by atoms with Gasteiger partial charge in [0.15, 0.2) is 6.29 Å². The predicted octanol–water partition coefficient (Wildman–Crippen LogP) is 1.20. The summed E-state index contributed by atoms with van der Waals surface area (Å²) in [6.07, 6.45) is 0.620. The Hall–Kier alpha value is -0.804. The van der Waals surface area contributed by atoms with Crippen LogP contribution in [-0.4, -0.2) is 11.4 Å². The van der Waals surface area contributed by atoms with E-state index in [1.165, 1.54) is 6.07 Å². The van der Waals surface area contributed by atoms with Crippen LogP contribution in [-0.2, 0) is 16.8 Å². The summed E-state index contributed by atoms with van der Waals surface area (Å²) < 4.78 is 0. The van der Waals surface area contributed by atoms with Crippen LogP contribution in [0.1, 0.15) is 10.4 Å². The van der Waals surface area contributed by atoms with Gasteiger partial charge in [0.1, 0.15) is 5.75 Å². The van der Waals surface area contributed by atoms with Crippen molar-refractivity contribution in [3.63, 3.8) is 0 Å². The molecule has 0 unspecified atom stereocenters. The number of hydrogen-bond acceptors (Lipinski definition) is 2. The van der Waals surface area contributed by atoms with E-state index in [9.17, 15) is 4.79 Å². The van der Waals surface area contributed by atoms with Crippen molar-refractivity contribution in [3.05, 3.63) is 29.8 Å². The number of aromatic hydroxyl groups is 1. The van der Waals surface area contributed by atoms with E-state index in [1.807, 2.05) is 0 Å². The molecular formula is C7H6CoO2. The van der Waals surface area contributed by atoms with Crippen molar-refractivity contribution in [2.24, 2.45) is 0 Å². The van der Waals surface area contributed by atoms with E-state index < -0.39 is 0 Å². The average Bonchev–Trinajstić information content (AvgIpc) is 1.89. The van der Waals surface area contributed by atoms with Crippen molar-refractivity contribution in [1.82, 2.24) is 0 Å². The molecule has 1 radical (unpaired) electrons. The minimum absolute atomic E-state index is 0. The zero-order valence-corrected chi connectivity index (χ0v) is 6.12. The van der Waals surface area contributed by atoms with Crippen LogP contribution in [0.2, 0.25) is 0 Å². The van der Waals surface area contributed by atoms with Gasteiger partial charge in [0.05, 0.1) is 5.56 Å². The maximum atomic E-state index is 10.1. The van der Waals surface area contributed by atoms with E-state index in [0.717, 1.165) is 0 Å². The van der Waals surface area contributed by atoms with Crippen LogP contribution in [0.15, 0.2) is 24.3 Å². The quantitative estimate of drug-likeness (QED) is 0.661. The molecule has 0 aliphatic carbocycles. The topological polar surface area (TPSA) is 37.3 Å². The number of carbonyl (C=O) groups is 1. The van der Waals surface area contributed by atoms with Gasteiger partial charge in [0, 0.05) is 16.8 Å². The van der Waals surface area contributed by atoms with Crippen molar-refractivity contribution in [3.8, 4) is 5.75 Å². The van der Waals surface area contributed by atoms with Crippen molar-refractivity contribution < 1.29 is 26.7 Å². The summed E-state index contributed by atoms with van der Waals surface area (Å²) in [5.74, 6) is 0.0347. The molecule has 0 fully saturated rings. The first-order valence-electron chi connectivity index (χ1n) is 2.58. The second-order valence-corrected chi connectivity index (χ2v) is 1.68. The number of hydrogen-bond donors (Lipinski definition) is 1. The molecule has 0 amide bonds. The van der Waals surface area contributed by atoms with Crippen molar-refractivity contribution >= 4 is 6.29 Å². The first-order chi connectivity index (χ1) is 4.34. The molecule has 1 aromatic carbocycles. The second-order valence-electron chi connectivity index (χ2n) is 1.68. The van der Waals surface area contributed by atoms with Gasteiger partial charge in [-0.2, -0.15) is 0 Å². The fraction of sp³-hybridized carbons (Fsp3) is 0. The number of phenolic OH excluding ortho intramolecular Hbond substituents is 1. The molecular weight excluding hydrogens is 175 g/mol. The molecule has 0 aliphatic rings. The molecule has 0 aliphatic heterocycles. The smallest absolute Gasteiger partial charge is 0.153 e. The van der Waals surface area contributed by atoms with Crippen LogP contribution in [0.25, 0.3) is 0 Å². The zero-order valence-electron chi connectivity index (χ0n) is 5.08. The van der Waals surface area contributed by atoms with Gasteiger partial charge in [-0.25, -0.2) is 0 Å². The van der Waals surface area contributed by atoms with Crippen LogP contribution >= 0.6 is 0 Å². The summed E-state index contributed by atoms with van der Waals surface area (Å²) in [6, 6.07) is 6.40. The Morgan fingerprint density at radius 1 is 1.30 bits per heavy atom. The Labute approximate surface area is 69.1 Å². The molecule has 1 aromatic rings. The molecule has 3 heteroatoms. The van der Waals surface area contributed by atoms with Gasteiger partial charge >= 0.3 is 0 Å². The van der Waals surface area contributed by atoms with Gasteiger partial charge in [0.25, 0.3) is 0 Å². The third kappa shape index (κ3) is 1.86. The number of para-hydroxylation sites is 1. The fourth-order valence-electron chi connectivity index (χ4n) is 0.587. The fourth-order valence-corrected chi connectivity index (χ4v) is 0.587. The summed E-state index contributed by atoms with van der Waals surface area (Å²) in [5.41, 5.74) is 0.331. The summed E-state index contributed by atoms with van der Waals surface area (Å²) in [4.78, 5) is 10.1. The second kappa shape index (κ2) is 4.08. The van der Waals surface area contributed by atoms with Gasteiger partial charge in [-0.15, -0.1) is 0 Å². The molecule has 0 bridgehead atoms. The zero-order chi connectivity index (χ0) is 6.69. The van der Waals surface area contributed by atoms with Gasteiger partial charge in [0.2, 0.25) is 0 Å². The van der Waals surface area contributed by atoms with Gasteiger partial charge in [-0.05, 0) is 12.1 Å². The van der Waals surface area contributed by atoms with E-state index in [1.54, 1.807) is 18.2 Å². The number of carbonyl (C=O) groups excluding carboxylic acids is 1. The van der Waals surface area contributed by atoms with Crippen LogP contribution < -0.4 is 0 Å². The molecule has 1 rings (SSSR count). The van der Waals surface area contributed by atoms with E-state index in [0.29, 0.717) is 11.8 Å². The monoisotopic (exact) mass is 181 g/mol. The van der Waals surface area contributed by atoms with E-state index in [4.69, 9.17) is 5.11 Å². The van der Waals surface area contributed by atoms with E-state index in [2.05, 4.69) is 0 Å². The number of rotatable bonds is 1. The minimum atomic E-state index is 0. The van der Waals surface area contributed by atoms with E-state index >= 15 is 0 Å².